The minimum atomic E-state index is -3.91. The minimum Gasteiger partial charge on any atom is -0.268 e. The SMILES string of the molecule is Cc1ccc(S(=O)(=O)n2c(=O)ccc3ccccc32)cc1. The van der Waals surface area contributed by atoms with Gasteiger partial charge < -0.3 is 0 Å². The van der Waals surface area contributed by atoms with E-state index in [-0.39, 0.29) is 4.90 Å². The van der Waals surface area contributed by atoms with E-state index in [4.69, 9.17) is 0 Å². The second-order valence-electron chi connectivity index (χ2n) is 4.81. The molecule has 0 saturated heterocycles. The fraction of sp³-hybridized carbons (Fsp3) is 0.0625. The summed E-state index contributed by atoms with van der Waals surface area (Å²) in [6.07, 6.45) is 0. The molecule has 0 aliphatic heterocycles. The number of rotatable bonds is 2. The Hall–Kier alpha value is -2.40. The lowest BCUT2D eigenvalue weighted by molar-refractivity contribution is 0.587. The van der Waals surface area contributed by atoms with Gasteiger partial charge in [0.05, 0.1) is 10.4 Å². The third-order valence-corrected chi connectivity index (χ3v) is 5.05. The number of hydrogen-bond acceptors (Lipinski definition) is 3. The molecule has 0 radical (unpaired) electrons. The lowest BCUT2D eigenvalue weighted by atomic mass is 10.2. The summed E-state index contributed by atoms with van der Waals surface area (Å²) in [6.45, 7) is 1.88. The maximum Gasteiger partial charge on any atom is 0.271 e. The van der Waals surface area contributed by atoms with Gasteiger partial charge in [0.15, 0.2) is 0 Å². The first-order valence-electron chi connectivity index (χ1n) is 6.43. The largest absolute Gasteiger partial charge is 0.271 e. The van der Waals surface area contributed by atoms with E-state index in [1.165, 1.54) is 18.2 Å². The van der Waals surface area contributed by atoms with Crippen molar-refractivity contribution in [2.45, 2.75) is 11.8 Å². The molecule has 2 aromatic carbocycles. The van der Waals surface area contributed by atoms with Crippen LogP contribution < -0.4 is 5.56 Å². The van der Waals surface area contributed by atoms with Crippen LogP contribution in [0, 0.1) is 6.92 Å². The molecule has 0 unspecified atom stereocenters. The molecule has 21 heavy (non-hydrogen) atoms. The summed E-state index contributed by atoms with van der Waals surface area (Å²) in [5.41, 5.74) is 0.777. The molecule has 1 heterocycles. The van der Waals surface area contributed by atoms with Crippen LogP contribution >= 0.6 is 0 Å². The van der Waals surface area contributed by atoms with Crippen molar-refractivity contribution in [1.29, 1.82) is 0 Å². The predicted octanol–water partition coefficient (Wildman–Crippen LogP) is 2.55. The topological polar surface area (TPSA) is 56.1 Å². The third kappa shape index (κ3) is 2.25. The van der Waals surface area contributed by atoms with Crippen molar-refractivity contribution >= 4 is 20.9 Å². The Morgan fingerprint density at radius 3 is 2.24 bits per heavy atom. The third-order valence-electron chi connectivity index (χ3n) is 3.32. The number of para-hydroxylation sites is 1. The molecule has 1 aromatic heterocycles. The first-order valence-corrected chi connectivity index (χ1v) is 7.87. The Bertz CT molecular complexity index is 970. The molecule has 3 aromatic rings. The molecule has 3 rings (SSSR count). The summed E-state index contributed by atoms with van der Waals surface area (Å²) in [4.78, 5) is 12.2. The van der Waals surface area contributed by atoms with Crippen LogP contribution in [0.1, 0.15) is 5.56 Å². The van der Waals surface area contributed by atoms with Gasteiger partial charge in [0.1, 0.15) is 0 Å². The molecule has 0 atom stereocenters. The van der Waals surface area contributed by atoms with E-state index in [0.29, 0.717) is 10.9 Å². The van der Waals surface area contributed by atoms with Gasteiger partial charge in [-0.15, -0.1) is 0 Å². The Morgan fingerprint density at radius 1 is 0.857 bits per heavy atom. The van der Waals surface area contributed by atoms with Crippen molar-refractivity contribution in [2.75, 3.05) is 0 Å². The maximum absolute atomic E-state index is 12.7. The molecule has 0 saturated carbocycles. The van der Waals surface area contributed by atoms with Crippen molar-refractivity contribution in [3.05, 3.63) is 76.6 Å². The van der Waals surface area contributed by atoms with Gasteiger partial charge in [-0.1, -0.05) is 35.9 Å². The van der Waals surface area contributed by atoms with Crippen molar-refractivity contribution < 1.29 is 8.42 Å². The smallest absolute Gasteiger partial charge is 0.268 e. The zero-order valence-electron chi connectivity index (χ0n) is 11.4. The zero-order chi connectivity index (χ0) is 15.0. The number of pyridine rings is 1. The number of hydrogen-bond donors (Lipinski definition) is 0. The van der Waals surface area contributed by atoms with Crippen LogP contribution in [0.3, 0.4) is 0 Å². The van der Waals surface area contributed by atoms with Crippen LogP contribution in [0.15, 0.2) is 70.4 Å². The first-order chi connectivity index (χ1) is 10.00. The minimum absolute atomic E-state index is 0.103. The van der Waals surface area contributed by atoms with Crippen LogP contribution in [0.4, 0.5) is 0 Å². The van der Waals surface area contributed by atoms with Gasteiger partial charge in [-0.2, -0.15) is 3.97 Å². The standard InChI is InChI=1S/C16H13NO3S/c1-12-6-9-14(10-7-12)21(19,20)17-15-5-3-2-4-13(15)8-11-16(17)18/h2-11H,1H3. The van der Waals surface area contributed by atoms with Gasteiger partial charge in [-0.3, -0.25) is 4.79 Å². The van der Waals surface area contributed by atoms with Crippen LogP contribution in [0.25, 0.3) is 10.9 Å². The summed E-state index contributed by atoms with van der Waals surface area (Å²) >= 11 is 0. The Morgan fingerprint density at radius 2 is 1.52 bits per heavy atom. The van der Waals surface area contributed by atoms with Crippen molar-refractivity contribution in [1.82, 2.24) is 3.97 Å². The lowest BCUT2D eigenvalue weighted by Crippen LogP contribution is -2.27. The molecule has 0 N–H and O–H groups in total. The van der Waals surface area contributed by atoms with E-state index in [2.05, 4.69) is 0 Å². The summed E-state index contributed by atoms with van der Waals surface area (Å²) in [5, 5.41) is 0.702. The van der Waals surface area contributed by atoms with Crippen LogP contribution in [-0.2, 0) is 10.0 Å². The van der Waals surface area contributed by atoms with Gasteiger partial charge in [-0.25, -0.2) is 8.42 Å². The quantitative estimate of drug-likeness (QED) is 0.730. The highest BCUT2D eigenvalue weighted by Gasteiger charge is 2.20. The summed E-state index contributed by atoms with van der Waals surface area (Å²) in [5.74, 6) is 0. The van der Waals surface area contributed by atoms with E-state index in [0.717, 1.165) is 9.54 Å². The number of fused-ring (bicyclic) bond motifs is 1. The summed E-state index contributed by atoms with van der Waals surface area (Å²) < 4.78 is 26.3. The van der Waals surface area contributed by atoms with E-state index >= 15 is 0 Å². The van der Waals surface area contributed by atoms with E-state index in [1.54, 1.807) is 42.5 Å². The number of nitrogens with zero attached hydrogens (tertiary/aromatic N) is 1. The number of benzene rings is 2. The molecular weight excluding hydrogens is 286 g/mol. The van der Waals surface area contributed by atoms with Gasteiger partial charge in [0, 0.05) is 6.07 Å². The van der Waals surface area contributed by atoms with Gasteiger partial charge >= 0.3 is 0 Å². The fourth-order valence-electron chi connectivity index (χ4n) is 2.22. The second-order valence-corrected chi connectivity index (χ2v) is 6.60. The average molecular weight is 299 g/mol. The van der Waals surface area contributed by atoms with E-state index < -0.39 is 15.6 Å². The molecular formula is C16H13NO3S. The fourth-order valence-corrected chi connectivity index (χ4v) is 3.64. The van der Waals surface area contributed by atoms with Crippen LogP contribution in [0.5, 0.6) is 0 Å². The predicted molar refractivity (Wildman–Crippen MR) is 82.0 cm³/mol. The highest BCUT2D eigenvalue weighted by Crippen LogP contribution is 2.18. The molecule has 5 heteroatoms. The Kier molecular flexibility index (Phi) is 3.14. The van der Waals surface area contributed by atoms with Crippen molar-refractivity contribution in [3.8, 4) is 0 Å². The first kappa shape index (κ1) is 13.6. The van der Waals surface area contributed by atoms with Crippen molar-refractivity contribution in [2.24, 2.45) is 0 Å². The number of aromatic nitrogens is 1. The second kappa shape index (κ2) is 4.86. The summed E-state index contributed by atoms with van der Waals surface area (Å²) in [6, 6.07) is 16.3. The van der Waals surface area contributed by atoms with Crippen LogP contribution in [-0.4, -0.2) is 12.4 Å². The normalized spacial score (nSPS) is 11.7. The molecule has 0 fully saturated rings. The Labute approximate surface area is 122 Å². The van der Waals surface area contributed by atoms with E-state index in [1.807, 2.05) is 6.92 Å². The number of aryl methyl sites for hydroxylation is 1. The van der Waals surface area contributed by atoms with Crippen LogP contribution in [0.2, 0.25) is 0 Å². The zero-order valence-corrected chi connectivity index (χ0v) is 12.2. The van der Waals surface area contributed by atoms with Gasteiger partial charge in [-0.05, 0) is 36.6 Å². The molecule has 0 spiro atoms. The highest BCUT2D eigenvalue weighted by molar-refractivity contribution is 7.90. The molecule has 0 aliphatic rings. The highest BCUT2D eigenvalue weighted by atomic mass is 32.2. The molecule has 0 aliphatic carbocycles. The summed E-state index contributed by atoms with van der Waals surface area (Å²) in [7, 11) is -3.91. The monoisotopic (exact) mass is 299 g/mol. The lowest BCUT2D eigenvalue weighted by Gasteiger charge is -2.11. The van der Waals surface area contributed by atoms with Gasteiger partial charge in [0.2, 0.25) is 0 Å². The molecule has 4 nitrogen and oxygen atoms in total. The van der Waals surface area contributed by atoms with E-state index in [9.17, 15) is 13.2 Å². The maximum atomic E-state index is 12.7. The molecule has 0 bridgehead atoms. The van der Waals surface area contributed by atoms with Crippen molar-refractivity contribution in [3.63, 3.8) is 0 Å². The average Bonchev–Trinajstić information content (AvgIpc) is 2.47. The molecule has 106 valence electrons. The van der Waals surface area contributed by atoms with Gasteiger partial charge in [0.25, 0.3) is 15.6 Å². The molecule has 0 amide bonds. The Balaban J connectivity index is 2.36.